The van der Waals surface area contributed by atoms with Crippen molar-refractivity contribution in [2.24, 2.45) is 0 Å². The highest BCUT2D eigenvalue weighted by Crippen LogP contribution is 2.33. The van der Waals surface area contributed by atoms with E-state index in [9.17, 15) is 66.4 Å². The quantitative estimate of drug-likeness (QED) is 0.112. The van der Waals surface area contributed by atoms with Crippen molar-refractivity contribution in [1.29, 1.82) is 0 Å². The third-order valence-electron chi connectivity index (χ3n) is 7.84. The maximum absolute atomic E-state index is 10.8. The monoisotopic (exact) mass is 636 g/mol. The van der Waals surface area contributed by atoms with Gasteiger partial charge in [0.05, 0.1) is 26.4 Å². The molecule has 0 aromatic carbocycles. The smallest absolute Gasteiger partial charge is 0.187 e. The lowest BCUT2D eigenvalue weighted by molar-refractivity contribution is -0.384. The summed E-state index contributed by atoms with van der Waals surface area (Å²) in [5, 5.41) is 132. The second kappa shape index (κ2) is 14.7. The van der Waals surface area contributed by atoms with Crippen molar-refractivity contribution in [3.63, 3.8) is 0 Å². The van der Waals surface area contributed by atoms with Crippen molar-refractivity contribution in [3.05, 3.63) is 0 Å². The van der Waals surface area contributed by atoms with Gasteiger partial charge in [-0.3, -0.25) is 0 Å². The van der Waals surface area contributed by atoms with Gasteiger partial charge in [0.25, 0.3) is 0 Å². The first kappa shape index (κ1) is 35.1. The molecular formula is C23H40O20. The van der Waals surface area contributed by atoms with Crippen LogP contribution in [0.25, 0.3) is 0 Å². The van der Waals surface area contributed by atoms with E-state index in [0.717, 1.165) is 0 Å². The van der Waals surface area contributed by atoms with E-state index in [1.807, 2.05) is 0 Å². The standard InChI is InChI=1S/C23H40O20/c24-1-5-9(27)11(29)15(33)22(38-5)42-19-7(3-26)40-23(17(35)13(19)31)43-18-6(2-25)39-21(16(34)12(18)30)41-8-4-37-20(36)14(32)10(8)28/h5-36H,1-4H2/t5-,6-,7-,8+,9-,10+,11+,12-,13-,14-,15-,16+,17+,18+,19+,20+,21-,22+,23-/m0/s1. The molecule has 20 nitrogen and oxygen atoms in total. The molecule has 19 atom stereocenters. The summed E-state index contributed by atoms with van der Waals surface area (Å²) < 4.78 is 37.5. The molecule has 4 aliphatic rings. The SMILES string of the molecule is OC[C@@H]1O[C@H](O[C@H]2[C@@H](O)[C@@H](O)[C@H](O[C@H]3[C@@H](O)[C@@H](O)[C@H](O[C@@H]4CO[C@@H](O)[C@@H](O)[C@@H]4O)O[C@H]3CO)O[C@H]2CO)[C@@H](O)[C@H](O)[C@H]1O. The van der Waals surface area contributed by atoms with Crippen LogP contribution in [0.1, 0.15) is 0 Å². The molecule has 4 heterocycles. The van der Waals surface area contributed by atoms with Crippen LogP contribution in [0, 0.1) is 0 Å². The van der Waals surface area contributed by atoms with E-state index in [0.29, 0.717) is 0 Å². The average Bonchev–Trinajstić information content (AvgIpc) is 3.00. The lowest BCUT2D eigenvalue weighted by Gasteiger charge is -2.48. The molecule has 0 spiro atoms. The van der Waals surface area contributed by atoms with Gasteiger partial charge in [-0.2, -0.15) is 0 Å². The third-order valence-corrected chi connectivity index (χ3v) is 7.84. The summed E-state index contributed by atoms with van der Waals surface area (Å²) in [7, 11) is 0. The second-order valence-corrected chi connectivity index (χ2v) is 10.7. The van der Waals surface area contributed by atoms with Crippen molar-refractivity contribution >= 4 is 0 Å². The van der Waals surface area contributed by atoms with Crippen molar-refractivity contribution in [2.45, 2.75) is 117 Å². The summed E-state index contributed by atoms with van der Waals surface area (Å²) >= 11 is 0. The van der Waals surface area contributed by atoms with Gasteiger partial charge < -0.3 is 99.5 Å². The van der Waals surface area contributed by atoms with E-state index in [-0.39, 0.29) is 0 Å². The Kier molecular flexibility index (Phi) is 12.0. The summed E-state index contributed by atoms with van der Waals surface area (Å²) in [6.45, 7) is -2.92. The molecule has 0 bridgehead atoms. The molecular weight excluding hydrogens is 596 g/mol. The van der Waals surface area contributed by atoms with E-state index in [4.69, 9.17) is 33.2 Å². The average molecular weight is 637 g/mol. The van der Waals surface area contributed by atoms with Crippen LogP contribution in [0.5, 0.6) is 0 Å². The largest absolute Gasteiger partial charge is 0.394 e. The molecule has 4 saturated heterocycles. The minimum absolute atomic E-state index is 0.430. The van der Waals surface area contributed by atoms with Gasteiger partial charge in [0.2, 0.25) is 0 Å². The first-order valence-electron chi connectivity index (χ1n) is 13.5. The minimum atomic E-state index is -1.99. The number of hydrogen-bond acceptors (Lipinski definition) is 20. The Bertz CT molecular complexity index is 865. The molecule has 13 N–H and O–H groups in total. The topological polar surface area (TPSA) is 328 Å². The second-order valence-electron chi connectivity index (χ2n) is 10.7. The fraction of sp³-hybridized carbons (Fsp3) is 1.00. The first-order chi connectivity index (χ1) is 20.3. The van der Waals surface area contributed by atoms with E-state index < -0.39 is 143 Å². The number of rotatable bonds is 9. The molecule has 4 rings (SSSR count). The molecule has 0 saturated carbocycles. The lowest BCUT2D eigenvalue weighted by Crippen LogP contribution is -2.67. The zero-order valence-electron chi connectivity index (χ0n) is 22.5. The summed E-state index contributed by atoms with van der Waals surface area (Å²) in [5.74, 6) is 0. The molecule has 0 radical (unpaired) electrons. The molecule has 43 heavy (non-hydrogen) atoms. The number of hydrogen-bond donors (Lipinski definition) is 13. The Morgan fingerprint density at radius 1 is 0.442 bits per heavy atom. The van der Waals surface area contributed by atoms with Crippen molar-refractivity contribution in [3.8, 4) is 0 Å². The summed E-state index contributed by atoms with van der Waals surface area (Å²) in [4.78, 5) is 0. The van der Waals surface area contributed by atoms with Crippen LogP contribution >= 0.6 is 0 Å². The van der Waals surface area contributed by atoms with E-state index in [1.54, 1.807) is 0 Å². The van der Waals surface area contributed by atoms with Gasteiger partial charge in [-0.15, -0.1) is 0 Å². The highest BCUT2D eigenvalue weighted by atomic mass is 16.8. The molecule has 20 heteroatoms. The van der Waals surface area contributed by atoms with E-state index in [1.165, 1.54) is 0 Å². The molecule has 252 valence electrons. The Hall–Kier alpha value is -0.800. The van der Waals surface area contributed by atoms with E-state index in [2.05, 4.69) is 0 Å². The van der Waals surface area contributed by atoms with Gasteiger partial charge in [0.1, 0.15) is 91.6 Å². The van der Waals surface area contributed by atoms with Gasteiger partial charge in [-0.1, -0.05) is 0 Å². The lowest BCUT2D eigenvalue weighted by atomic mass is 9.96. The van der Waals surface area contributed by atoms with Crippen LogP contribution in [0.2, 0.25) is 0 Å². The molecule has 4 fully saturated rings. The predicted octanol–water partition coefficient (Wildman–Crippen LogP) is -9.11. The highest BCUT2D eigenvalue weighted by Gasteiger charge is 2.54. The van der Waals surface area contributed by atoms with Crippen LogP contribution in [0.3, 0.4) is 0 Å². The van der Waals surface area contributed by atoms with Crippen molar-refractivity contribution in [1.82, 2.24) is 0 Å². The van der Waals surface area contributed by atoms with Crippen molar-refractivity contribution in [2.75, 3.05) is 26.4 Å². The Morgan fingerprint density at radius 2 is 0.860 bits per heavy atom. The van der Waals surface area contributed by atoms with Crippen LogP contribution in [-0.2, 0) is 33.2 Å². The summed E-state index contributed by atoms with van der Waals surface area (Å²) in [6, 6.07) is 0. The summed E-state index contributed by atoms with van der Waals surface area (Å²) in [5.41, 5.74) is 0. The van der Waals surface area contributed by atoms with Crippen molar-refractivity contribution < 1.29 is 99.5 Å². The van der Waals surface area contributed by atoms with E-state index >= 15 is 0 Å². The van der Waals surface area contributed by atoms with Gasteiger partial charge in [0.15, 0.2) is 25.2 Å². The maximum atomic E-state index is 10.8. The zero-order chi connectivity index (χ0) is 31.7. The normalized spacial score (nSPS) is 53.1. The molecule has 4 aliphatic heterocycles. The minimum Gasteiger partial charge on any atom is -0.394 e. The van der Waals surface area contributed by atoms with Gasteiger partial charge in [0, 0.05) is 0 Å². The molecule has 0 unspecified atom stereocenters. The highest BCUT2D eigenvalue weighted by molar-refractivity contribution is 4.97. The van der Waals surface area contributed by atoms with Crippen LogP contribution in [-0.4, -0.2) is 210 Å². The third kappa shape index (κ3) is 7.13. The van der Waals surface area contributed by atoms with Crippen LogP contribution in [0.4, 0.5) is 0 Å². The Labute approximate surface area is 243 Å². The first-order valence-corrected chi connectivity index (χ1v) is 13.5. The Morgan fingerprint density at radius 3 is 1.33 bits per heavy atom. The number of aliphatic hydroxyl groups excluding tert-OH is 13. The maximum Gasteiger partial charge on any atom is 0.187 e. The predicted molar refractivity (Wildman–Crippen MR) is 128 cm³/mol. The fourth-order valence-corrected chi connectivity index (χ4v) is 5.23. The molecule has 0 amide bonds. The van der Waals surface area contributed by atoms with Crippen LogP contribution < -0.4 is 0 Å². The number of aliphatic hydroxyl groups is 13. The molecule has 0 aromatic rings. The molecule has 0 aliphatic carbocycles. The Balaban J connectivity index is 1.41. The molecule has 0 aromatic heterocycles. The summed E-state index contributed by atoms with van der Waals surface area (Å²) in [6.07, 6.45) is -32.5. The zero-order valence-corrected chi connectivity index (χ0v) is 22.5. The van der Waals surface area contributed by atoms with Crippen LogP contribution in [0.15, 0.2) is 0 Å². The van der Waals surface area contributed by atoms with Gasteiger partial charge >= 0.3 is 0 Å². The van der Waals surface area contributed by atoms with Gasteiger partial charge in [-0.05, 0) is 0 Å². The number of ether oxygens (including phenoxy) is 7. The fourth-order valence-electron chi connectivity index (χ4n) is 5.23. The van der Waals surface area contributed by atoms with Gasteiger partial charge in [-0.25, -0.2) is 0 Å².